The molecular formula is C26H24ClN3O7. The molecule has 0 saturated heterocycles. The zero-order valence-corrected chi connectivity index (χ0v) is 20.7. The maximum absolute atomic E-state index is 13.8. The van der Waals surface area contributed by atoms with Crippen molar-refractivity contribution >= 4 is 34.8 Å². The number of ketones is 2. The van der Waals surface area contributed by atoms with Gasteiger partial charge in [0.25, 0.3) is 5.91 Å². The average molecular weight is 526 g/mol. The highest BCUT2D eigenvalue weighted by Crippen LogP contribution is 2.53. The van der Waals surface area contributed by atoms with Crippen LogP contribution in [0.5, 0.6) is 5.75 Å². The Hall–Kier alpha value is -3.73. The standard InChI is InChI=1S/C26H24ClN3O7/c1-30(2)20-14-8-11-7-13-12(10-3-6-16(27)29-9-10)4-5-15(31)18(13)21(32)17(11)23(34)26(14,37)24(35)19(22(20)33)25(28)36/h3-6,9,11,14,20,31-32,35,37H,7-8H2,1-2H3,(H2,28,36)/t11-,14-,20-,26?/m0/s1. The number of aromatic nitrogens is 1. The van der Waals surface area contributed by atoms with Crippen LogP contribution in [-0.4, -0.2) is 73.5 Å². The molecule has 1 unspecified atom stereocenters. The molecule has 1 aromatic heterocycles. The number of rotatable bonds is 3. The minimum atomic E-state index is -2.67. The lowest BCUT2D eigenvalue weighted by Crippen LogP contribution is -2.65. The van der Waals surface area contributed by atoms with Crippen molar-refractivity contribution in [2.75, 3.05) is 14.1 Å². The van der Waals surface area contributed by atoms with Crippen LogP contribution in [-0.2, 0) is 20.8 Å². The van der Waals surface area contributed by atoms with E-state index in [9.17, 15) is 34.8 Å². The van der Waals surface area contributed by atoms with Crippen LogP contribution in [0.3, 0.4) is 0 Å². The highest BCUT2D eigenvalue weighted by Gasteiger charge is 2.64. The van der Waals surface area contributed by atoms with Crippen LogP contribution in [0.2, 0.25) is 5.15 Å². The van der Waals surface area contributed by atoms with Crippen LogP contribution in [0.4, 0.5) is 0 Å². The zero-order valence-electron chi connectivity index (χ0n) is 19.9. The molecule has 2 aromatic rings. The molecule has 37 heavy (non-hydrogen) atoms. The molecule has 0 radical (unpaired) electrons. The summed E-state index contributed by atoms with van der Waals surface area (Å²) in [7, 11) is 3.11. The van der Waals surface area contributed by atoms with E-state index in [-0.39, 0.29) is 29.7 Å². The minimum absolute atomic E-state index is 0.0136. The van der Waals surface area contributed by atoms with Crippen LogP contribution in [0, 0.1) is 11.8 Å². The van der Waals surface area contributed by atoms with Gasteiger partial charge in [-0.1, -0.05) is 17.7 Å². The Balaban J connectivity index is 1.74. The Morgan fingerprint density at radius 3 is 2.46 bits per heavy atom. The van der Waals surface area contributed by atoms with Crippen LogP contribution < -0.4 is 5.73 Å². The lowest BCUT2D eigenvalue weighted by Gasteiger charge is -2.50. The van der Waals surface area contributed by atoms with E-state index in [2.05, 4.69) is 4.98 Å². The fourth-order valence-corrected chi connectivity index (χ4v) is 6.16. The lowest BCUT2D eigenvalue weighted by atomic mass is 9.57. The zero-order chi connectivity index (χ0) is 27.0. The number of carbonyl (C=O) groups is 3. The second kappa shape index (κ2) is 8.41. The number of aromatic hydroxyl groups is 1. The van der Waals surface area contributed by atoms with Crippen molar-refractivity contribution in [1.82, 2.24) is 9.88 Å². The number of likely N-dealkylation sites (N-methyl/N-ethyl adjacent to an activating group) is 1. The number of nitrogens with zero attached hydrogens (tertiary/aromatic N) is 2. The minimum Gasteiger partial charge on any atom is -0.508 e. The molecular weight excluding hydrogens is 502 g/mol. The Kier molecular flexibility index (Phi) is 5.67. The second-order valence-electron chi connectivity index (χ2n) is 9.82. The molecule has 1 fully saturated rings. The number of pyridine rings is 1. The molecule has 0 bridgehead atoms. The highest BCUT2D eigenvalue weighted by atomic mass is 35.5. The number of carbonyl (C=O) groups excluding carboxylic acids is 3. The van der Waals surface area contributed by atoms with Gasteiger partial charge < -0.3 is 26.2 Å². The number of primary amides is 1. The summed E-state index contributed by atoms with van der Waals surface area (Å²) in [6, 6.07) is 5.24. The quantitative estimate of drug-likeness (QED) is 0.295. The molecule has 6 N–H and O–H groups in total. The molecule has 0 aliphatic heterocycles. The van der Waals surface area contributed by atoms with E-state index in [1.165, 1.54) is 11.0 Å². The van der Waals surface area contributed by atoms with Gasteiger partial charge in [-0.2, -0.15) is 0 Å². The summed E-state index contributed by atoms with van der Waals surface area (Å²) in [6.45, 7) is 0. The van der Waals surface area contributed by atoms with Crippen molar-refractivity contribution in [2.45, 2.75) is 24.5 Å². The van der Waals surface area contributed by atoms with Gasteiger partial charge in [0.05, 0.1) is 11.6 Å². The molecule has 1 amide bonds. The van der Waals surface area contributed by atoms with Crippen molar-refractivity contribution < 1.29 is 34.8 Å². The first-order valence-electron chi connectivity index (χ1n) is 11.5. The van der Waals surface area contributed by atoms with Gasteiger partial charge in [-0.15, -0.1) is 0 Å². The highest BCUT2D eigenvalue weighted by molar-refractivity contribution is 6.29. The third-order valence-corrected chi connectivity index (χ3v) is 7.87. The van der Waals surface area contributed by atoms with E-state index in [0.29, 0.717) is 21.8 Å². The summed E-state index contributed by atoms with van der Waals surface area (Å²) in [4.78, 5) is 44.6. The third kappa shape index (κ3) is 3.40. The monoisotopic (exact) mass is 525 g/mol. The van der Waals surface area contributed by atoms with Crippen LogP contribution >= 0.6 is 11.6 Å². The Labute approximate surface area is 216 Å². The van der Waals surface area contributed by atoms with E-state index >= 15 is 0 Å². The summed E-state index contributed by atoms with van der Waals surface area (Å²) >= 11 is 5.92. The van der Waals surface area contributed by atoms with Crippen molar-refractivity contribution in [2.24, 2.45) is 17.6 Å². The van der Waals surface area contributed by atoms with Gasteiger partial charge in [-0.3, -0.25) is 19.3 Å². The number of halogens is 1. The topological polar surface area (TPSA) is 174 Å². The van der Waals surface area contributed by atoms with Gasteiger partial charge in [-0.25, -0.2) is 4.98 Å². The van der Waals surface area contributed by atoms with E-state index in [0.717, 1.165) is 0 Å². The smallest absolute Gasteiger partial charge is 0.255 e. The van der Waals surface area contributed by atoms with Crippen LogP contribution in [0.25, 0.3) is 16.9 Å². The van der Waals surface area contributed by atoms with Gasteiger partial charge in [0.2, 0.25) is 5.78 Å². The van der Waals surface area contributed by atoms with E-state index in [4.69, 9.17) is 17.3 Å². The predicted molar refractivity (Wildman–Crippen MR) is 132 cm³/mol. The number of aliphatic hydroxyl groups is 3. The third-order valence-electron chi connectivity index (χ3n) is 7.64. The summed E-state index contributed by atoms with van der Waals surface area (Å²) in [5, 5.41) is 44.8. The normalized spacial score (nSPS) is 27.2. The Bertz CT molecular complexity index is 1450. The number of phenols is 1. The fraction of sp³-hybridized carbons (Fsp3) is 0.308. The van der Waals surface area contributed by atoms with Crippen molar-refractivity contribution in [3.05, 3.63) is 63.6 Å². The molecule has 10 nitrogen and oxygen atoms in total. The van der Waals surface area contributed by atoms with Crippen LogP contribution in [0.1, 0.15) is 17.5 Å². The SMILES string of the molecule is CN(C)[C@@H]1C(=O)C(C(N)=O)=C(O)C2(O)C(=O)C3=C(O)c4c(O)ccc(-c5ccc(Cl)nc5)c4C[C@H]3C[C@@H]12. The van der Waals surface area contributed by atoms with Crippen LogP contribution in [0.15, 0.2) is 47.4 Å². The second-order valence-corrected chi connectivity index (χ2v) is 10.2. The summed E-state index contributed by atoms with van der Waals surface area (Å²) in [5.74, 6) is -6.86. The lowest BCUT2D eigenvalue weighted by molar-refractivity contribution is -0.153. The molecule has 3 aliphatic rings. The maximum atomic E-state index is 13.8. The molecule has 1 saturated carbocycles. The molecule has 1 aromatic carbocycles. The van der Waals surface area contributed by atoms with Crippen molar-refractivity contribution in [3.63, 3.8) is 0 Å². The molecule has 5 rings (SSSR count). The molecule has 0 spiro atoms. The number of hydrogen-bond donors (Lipinski definition) is 5. The first kappa shape index (κ1) is 24.9. The largest absolute Gasteiger partial charge is 0.508 e. The van der Waals surface area contributed by atoms with Gasteiger partial charge in [0.15, 0.2) is 11.4 Å². The van der Waals surface area contributed by atoms with Gasteiger partial charge in [0, 0.05) is 23.3 Å². The number of Topliss-reactive ketones (excluding diaryl/α,β-unsaturated/α-hetero) is 2. The van der Waals surface area contributed by atoms with E-state index < -0.39 is 58.0 Å². The number of nitrogens with two attached hydrogens (primary N) is 1. The summed E-state index contributed by atoms with van der Waals surface area (Å²) in [5.41, 5.74) is 3.51. The van der Waals surface area contributed by atoms with Crippen molar-refractivity contribution in [1.29, 1.82) is 0 Å². The molecule has 1 heterocycles. The first-order chi connectivity index (χ1) is 17.4. The predicted octanol–water partition coefficient (Wildman–Crippen LogP) is 1.68. The van der Waals surface area contributed by atoms with E-state index in [1.54, 1.807) is 38.5 Å². The van der Waals surface area contributed by atoms with Gasteiger partial charge in [-0.05, 0) is 62.2 Å². The number of fused-ring (bicyclic) bond motifs is 3. The number of benzene rings is 1. The molecule has 11 heteroatoms. The Morgan fingerprint density at radius 1 is 1.16 bits per heavy atom. The fourth-order valence-electron chi connectivity index (χ4n) is 6.05. The van der Waals surface area contributed by atoms with Crippen molar-refractivity contribution in [3.8, 4) is 16.9 Å². The van der Waals surface area contributed by atoms with Gasteiger partial charge in [0.1, 0.15) is 28.0 Å². The molecule has 3 aliphatic carbocycles. The molecule has 192 valence electrons. The summed E-state index contributed by atoms with van der Waals surface area (Å²) < 4.78 is 0. The number of phenolic OH excluding ortho intramolecular Hbond substituents is 1. The molecule has 4 atom stereocenters. The number of aliphatic hydroxyl groups excluding tert-OH is 2. The van der Waals surface area contributed by atoms with Gasteiger partial charge >= 0.3 is 0 Å². The Morgan fingerprint density at radius 2 is 1.86 bits per heavy atom. The summed E-state index contributed by atoms with van der Waals surface area (Å²) in [6.07, 6.45) is 1.74. The van der Waals surface area contributed by atoms with E-state index in [1.807, 2.05) is 0 Å². The maximum Gasteiger partial charge on any atom is 0.255 e. The number of amides is 1. The number of hydrogen-bond acceptors (Lipinski definition) is 9. The average Bonchev–Trinajstić information content (AvgIpc) is 2.82. The first-order valence-corrected chi connectivity index (χ1v) is 11.9.